The monoisotopic (exact) mass is 532 g/mol. The maximum absolute atomic E-state index is 14.8. The molecule has 0 N–H and O–H groups in total. The summed E-state index contributed by atoms with van der Waals surface area (Å²) in [7, 11) is 0. The highest BCUT2D eigenvalue weighted by Gasteiger charge is 2.69. The first-order chi connectivity index (χ1) is 18.8. The fraction of sp³-hybridized carbons (Fsp3) is 0.364. The van der Waals surface area contributed by atoms with Crippen molar-refractivity contribution in [2.75, 3.05) is 0 Å². The van der Waals surface area contributed by atoms with Crippen molar-refractivity contribution in [2.24, 2.45) is 0 Å². The molecule has 2 unspecified atom stereocenters. The quantitative estimate of drug-likeness (QED) is 0.184. The van der Waals surface area contributed by atoms with Gasteiger partial charge in [0.05, 0.1) is 10.9 Å². The van der Waals surface area contributed by atoms with Crippen molar-refractivity contribution in [1.82, 2.24) is 0 Å². The van der Waals surface area contributed by atoms with Gasteiger partial charge in [-0.15, -0.1) is 0 Å². The molecule has 6 heteroatoms. The topological polar surface area (TPSA) is 22.3 Å². The van der Waals surface area contributed by atoms with E-state index < -0.39 is 23.6 Å². The van der Waals surface area contributed by atoms with E-state index >= 15 is 0 Å². The maximum Gasteiger partial charge on any atom is 0.418 e. The van der Waals surface area contributed by atoms with E-state index in [1.807, 2.05) is 91.3 Å². The summed E-state index contributed by atoms with van der Waals surface area (Å²) in [6, 6.07) is 21.4. The summed E-state index contributed by atoms with van der Waals surface area (Å²) < 4.78 is 59.6. The van der Waals surface area contributed by atoms with Gasteiger partial charge >= 0.3 is 11.9 Å². The van der Waals surface area contributed by atoms with Crippen LogP contribution in [0.2, 0.25) is 0 Å². The lowest BCUT2D eigenvalue weighted by Crippen LogP contribution is -2.70. The SMILES string of the molecule is CCCCc1ccc(C2=CC(C(F)(F)F)OC3(c4cccc5ccc6ccc[n+]3c6c45)C(CC)(CC)O2)cc1. The number of hydrogen-bond acceptors (Lipinski definition) is 2. The number of nitrogens with zero attached hydrogens (tertiary/aromatic N) is 1. The Kier molecular flexibility index (Phi) is 6.22. The highest BCUT2D eigenvalue weighted by Crippen LogP contribution is 2.53. The van der Waals surface area contributed by atoms with E-state index in [0.29, 0.717) is 24.0 Å². The molecule has 0 bridgehead atoms. The number of pyridine rings is 1. The van der Waals surface area contributed by atoms with Crippen LogP contribution in [-0.2, 0) is 21.6 Å². The van der Waals surface area contributed by atoms with Gasteiger partial charge in [-0.2, -0.15) is 17.7 Å². The van der Waals surface area contributed by atoms with E-state index in [1.54, 1.807) is 0 Å². The van der Waals surface area contributed by atoms with Crippen molar-refractivity contribution < 1.29 is 27.2 Å². The summed E-state index contributed by atoms with van der Waals surface area (Å²) in [5.41, 5.74) is 0.704. The molecule has 2 aliphatic rings. The average Bonchev–Trinajstić information content (AvgIpc) is 3.13. The molecule has 0 radical (unpaired) electrons. The van der Waals surface area contributed by atoms with Crippen LogP contribution in [0.15, 0.2) is 79.0 Å². The Morgan fingerprint density at radius 2 is 1.59 bits per heavy atom. The van der Waals surface area contributed by atoms with E-state index in [2.05, 4.69) is 6.92 Å². The maximum atomic E-state index is 14.8. The normalized spacial score (nSPS) is 21.9. The Balaban J connectivity index is 1.59. The molecule has 6 rings (SSSR count). The lowest BCUT2D eigenvalue weighted by molar-refractivity contribution is -0.793. The highest BCUT2D eigenvalue weighted by atomic mass is 19.4. The Labute approximate surface area is 226 Å². The largest absolute Gasteiger partial charge is 0.476 e. The fourth-order valence-corrected chi connectivity index (χ4v) is 6.52. The number of rotatable bonds is 6. The van der Waals surface area contributed by atoms with Gasteiger partial charge in [-0.1, -0.05) is 69.7 Å². The predicted molar refractivity (Wildman–Crippen MR) is 147 cm³/mol. The molecule has 4 aromatic rings. The van der Waals surface area contributed by atoms with Crippen molar-refractivity contribution in [3.63, 3.8) is 0 Å². The van der Waals surface area contributed by atoms with Crippen LogP contribution in [0.25, 0.3) is 27.4 Å². The van der Waals surface area contributed by atoms with Crippen LogP contribution in [0.1, 0.15) is 63.1 Å². The molecule has 0 saturated heterocycles. The molecule has 0 amide bonds. The first kappa shape index (κ1) is 25.9. The Morgan fingerprint density at radius 1 is 0.872 bits per heavy atom. The lowest BCUT2D eigenvalue weighted by atomic mass is 9.79. The fourth-order valence-electron chi connectivity index (χ4n) is 6.52. The Hall–Kier alpha value is -3.38. The second-order valence-electron chi connectivity index (χ2n) is 10.6. The van der Waals surface area contributed by atoms with Gasteiger partial charge in [0.2, 0.25) is 11.1 Å². The van der Waals surface area contributed by atoms with Gasteiger partial charge in [-0.05, 0) is 60.9 Å². The number of halogens is 3. The van der Waals surface area contributed by atoms with Gasteiger partial charge in [0.1, 0.15) is 5.76 Å². The Morgan fingerprint density at radius 3 is 2.28 bits per heavy atom. The summed E-state index contributed by atoms with van der Waals surface area (Å²) in [6.07, 6.45) is 0.113. The van der Waals surface area contributed by atoms with Gasteiger partial charge < -0.3 is 4.74 Å². The zero-order valence-corrected chi connectivity index (χ0v) is 22.5. The second kappa shape index (κ2) is 9.37. The van der Waals surface area contributed by atoms with E-state index in [0.717, 1.165) is 52.6 Å². The van der Waals surface area contributed by atoms with Crippen LogP contribution >= 0.6 is 0 Å². The van der Waals surface area contributed by atoms with Gasteiger partial charge in [0, 0.05) is 17.0 Å². The number of unbranched alkanes of at least 4 members (excludes halogenated alkanes) is 1. The summed E-state index contributed by atoms with van der Waals surface area (Å²) in [5, 5.41) is 2.82. The standard InChI is InChI=1S/C33H33F3NO2/c1-4-7-10-22-14-16-23(17-15-22)27-21-28(33(34,35)36)39-32(31(5-2,6-3)38-27)26-13-8-11-24-18-19-25-12-9-20-37(32)30(25)29(24)26/h8-9,11-21,28H,4-7,10H2,1-3H3/q+1. The first-order valence-corrected chi connectivity index (χ1v) is 13.9. The summed E-state index contributed by atoms with van der Waals surface area (Å²) >= 11 is 0. The third kappa shape index (κ3) is 3.79. The van der Waals surface area contributed by atoms with Gasteiger partial charge in [0.15, 0.2) is 12.3 Å². The van der Waals surface area contributed by atoms with E-state index in [-0.39, 0.29) is 5.76 Å². The van der Waals surface area contributed by atoms with Gasteiger partial charge in [0.25, 0.3) is 0 Å². The highest BCUT2D eigenvalue weighted by molar-refractivity contribution is 6.07. The third-order valence-corrected chi connectivity index (χ3v) is 8.55. The molecule has 202 valence electrons. The molecule has 3 nitrogen and oxygen atoms in total. The smallest absolute Gasteiger partial charge is 0.418 e. The van der Waals surface area contributed by atoms with Gasteiger partial charge in [-0.25, -0.2) is 0 Å². The molecular formula is C33H33F3NO2+. The van der Waals surface area contributed by atoms with Crippen LogP contribution in [0.3, 0.4) is 0 Å². The lowest BCUT2D eigenvalue weighted by Gasteiger charge is -2.43. The number of aromatic nitrogens is 1. The van der Waals surface area contributed by atoms with Crippen molar-refractivity contribution in [1.29, 1.82) is 0 Å². The van der Waals surface area contributed by atoms with Crippen LogP contribution < -0.4 is 4.57 Å². The molecule has 3 heterocycles. The molecular weight excluding hydrogens is 499 g/mol. The average molecular weight is 533 g/mol. The van der Waals surface area contributed by atoms with E-state index in [9.17, 15) is 13.2 Å². The minimum atomic E-state index is -4.64. The summed E-state index contributed by atoms with van der Waals surface area (Å²) in [6.45, 7) is 6.08. The Bertz CT molecular complexity index is 1510. The van der Waals surface area contributed by atoms with Crippen LogP contribution in [0.5, 0.6) is 0 Å². The molecule has 2 atom stereocenters. The van der Waals surface area contributed by atoms with Crippen molar-refractivity contribution >= 4 is 27.4 Å². The van der Waals surface area contributed by atoms with Crippen LogP contribution in [-0.4, -0.2) is 17.9 Å². The number of alkyl halides is 3. The molecule has 0 fully saturated rings. The van der Waals surface area contributed by atoms with Crippen LogP contribution in [0, 0.1) is 0 Å². The number of benzene rings is 3. The first-order valence-electron chi connectivity index (χ1n) is 13.9. The molecule has 0 aliphatic carbocycles. The van der Waals surface area contributed by atoms with Gasteiger partial charge in [-0.3, -0.25) is 4.74 Å². The minimum absolute atomic E-state index is 0.204. The molecule has 39 heavy (non-hydrogen) atoms. The van der Waals surface area contributed by atoms with Crippen LogP contribution in [0.4, 0.5) is 13.2 Å². The third-order valence-electron chi connectivity index (χ3n) is 8.55. The molecule has 2 aliphatic heterocycles. The van der Waals surface area contributed by atoms with E-state index in [4.69, 9.17) is 9.47 Å². The van der Waals surface area contributed by atoms with E-state index in [1.165, 1.54) is 0 Å². The van der Waals surface area contributed by atoms with Crippen molar-refractivity contribution in [3.05, 3.63) is 95.7 Å². The zero-order valence-electron chi connectivity index (χ0n) is 22.5. The molecule has 1 spiro atoms. The van der Waals surface area contributed by atoms with Crippen molar-refractivity contribution in [3.8, 4) is 0 Å². The number of fused-ring (bicyclic) bond motifs is 2. The molecule has 1 aromatic heterocycles. The summed E-state index contributed by atoms with van der Waals surface area (Å²) in [5.74, 6) is 0.204. The molecule has 0 saturated carbocycles. The predicted octanol–water partition coefficient (Wildman–Crippen LogP) is 8.22. The number of hydrogen-bond donors (Lipinski definition) is 0. The number of aryl methyl sites for hydroxylation is 1. The minimum Gasteiger partial charge on any atom is -0.476 e. The second-order valence-corrected chi connectivity index (χ2v) is 10.6. The van der Waals surface area contributed by atoms with Crippen molar-refractivity contribution in [2.45, 2.75) is 76.5 Å². The zero-order chi connectivity index (χ0) is 27.4. The summed E-state index contributed by atoms with van der Waals surface area (Å²) in [4.78, 5) is 0. The number of ether oxygens (including phenoxy) is 2. The molecule has 3 aromatic carbocycles.